The highest BCUT2D eigenvalue weighted by molar-refractivity contribution is 7.80. The zero-order chi connectivity index (χ0) is 19.2. The Labute approximate surface area is 156 Å². The first kappa shape index (κ1) is 22.3. The molecule has 0 aliphatic heterocycles. The summed E-state index contributed by atoms with van der Waals surface area (Å²) in [6.45, 7) is 2.47. The lowest BCUT2D eigenvalue weighted by Crippen LogP contribution is -2.28. The molecule has 0 aliphatic rings. The van der Waals surface area contributed by atoms with E-state index in [1.165, 1.54) is 0 Å². The van der Waals surface area contributed by atoms with Crippen LogP contribution in [0, 0.1) is 0 Å². The van der Waals surface area contributed by atoms with E-state index in [1.54, 1.807) is 0 Å². The first-order valence-electron chi connectivity index (χ1n) is 7.62. The zero-order valence-electron chi connectivity index (χ0n) is 13.9. The lowest BCUT2D eigenvalue weighted by Gasteiger charge is -2.07. The molecule has 0 aliphatic carbocycles. The van der Waals surface area contributed by atoms with Crippen LogP contribution in [0.2, 0.25) is 0 Å². The van der Waals surface area contributed by atoms with Crippen LogP contribution in [0.15, 0.2) is 0 Å². The first-order chi connectivity index (χ1) is 12.5. The molecule has 1 atom stereocenters. The van der Waals surface area contributed by atoms with Crippen molar-refractivity contribution in [1.29, 1.82) is 0 Å². The second-order valence-electron chi connectivity index (χ2n) is 4.66. The minimum absolute atomic E-state index is 0.0000673. The van der Waals surface area contributed by atoms with E-state index in [9.17, 15) is 18.4 Å². The molecule has 14 heteroatoms. The van der Waals surface area contributed by atoms with Gasteiger partial charge in [0.1, 0.15) is 0 Å². The van der Waals surface area contributed by atoms with Crippen molar-refractivity contribution in [1.82, 2.24) is 15.5 Å². The van der Waals surface area contributed by atoms with Gasteiger partial charge in [-0.1, -0.05) is 11.3 Å². The lowest BCUT2D eigenvalue weighted by molar-refractivity contribution is -0.124. The predicted molar refractivity (Wildman–Crippen MR) is 94.0 cm³/mol. The van der Waals surface area contributed by atoms with Gasteiger partial charge in [-0.3, -0.25) is 18.5 Å². The van der Waals surface area contributed by atoms with Crippen molar-refractivity contribution in [3.8, 4) is 0 Å². The number of nitrogens with zero attached hydrogens (tertiary/aromatic N) is 2. The molecular weight excluding hydrogens is 388 g/mol. The maximum atomic E-state index is 11.7. The summed E-state index contributed by atoms with van der Waals surface area (Å²) in [4.78, 5) is 23.3. The molecule has 0 saturated heterocycles. The van der Waals surface area contributed by atoms with E-state index >= 15 is 0 Å². The van der Waals surface area contributed by atoms with E-state index in [4.69, 9.17) is 15.2 Å². The van der Waals surface area contributed by atoms with Crippen molar-refractivity contribution in [2.45, 2.75) is 12.8 Å². The van der Waals surface area contributed by atoms with Gasteiger partial charge in [-0.15, -0.1) is 10.2 Å². The number of ether oxygens (including phenoxy) is 2. The van der Waals surface area contributed by atoms with Gasteiger partial charge in [0.25, 0.3) is 0 Å². The van der Waals surface area contributed by atoms with E-state index in [0.717, 1.165) is 11.3 Å². The summed E-state index contributed by atoms with van der Waals surface area (Å²) in [5, 5.41) is 12.3. The third-order valence-corrected chi connectivity index (χ3v) is 3.87. The van der Waals surface area contributed by atoms with Crippen LogP contribution in [-0.2, 0) is 30.3 Å². The molecule has 5 N–H and O–H groups in total. The Morgan fingerprint density at radius 2 is 1.73 bits per heavy atom. The minimum atomic E-state index is -2.51. The molecule has 0 saturated carbocycles. The molecule has 0 spiro atoms. The van der Waals surface area contributed by atoms with E-state index in [-0.39, 0.29) is 29.0 Å². The number of nitrogens with two attached hydrogens (primary N) is 1. The third-order valence-electron chi connectivity index (χ3n) is 2.62. The first-order valence-corrected chi connectivity index (χ1v) is 9.52. The maximum Gasteiger partial charge on any atom is 0.226 e. The minimum Gasteiger partial charge on any atom is -0.755 e. The predicted octanol–water partition coefficient (Wildman–Crippen LogP) is -1.43. The summed E-state index contributed by atoms with van der Waals surface area (Å²) in [5.41, 5.74) is 5.26. The highest BCUT2D eigenvalue weighted by Gasteiger charge is 2.10. The number of rotatable bonds is 14. The standard InChI is InChI=1S/C12H22N6O6S2/c13-3-5-23-7-8-24-6-4-14-9(19)1-2-10(20)15-11-16-17-12(25-11)18-26(21)22/h1-8,13H2,(H,14,19)(H,17,18)(H,21,22)(H,15,16,20)/p-1. The van der Waals surface area contributed by atoms with Gasteiger partial charge in [0.2, 0.25) is 22.1 Å². The number of carbonyl (C=O) groups excluding carboxylic acids is 2. The van der Waals surface area contributed by atoms with E-state index in [2.05, 4.69) is 20.8 Å². The molecule has 2 amide bonds. The Kier molecular flexibility index (Phi) is 11.6. The van der Waals surface area contributed by atoms with E-state index in [0.29, 0.717) is 39.5 Å². The van der Waals surface area contributed by atoms with Gasteiger partial charge in [-0.05, 0) is 0 Å². The van der Waals surface area contributed by atoms with Crippen molar-refractivity contribution in [2.75, 3.05) is 49.6 Å². The molecule has 0 bridgehead atoms. The Morgan fingerprint density at radius 3 is 2.42 bits per heavy atom. The highest BCUT2D eigenvalue weighted by Crippen LogP contribution is 2.20. The molecule has 1 rings (SSSR count). The Hall–Kier alpha value is -1.71. The second-order valence-corrected chi connectivity index (χ2v) is 6.31. The molecule has 26 heavy (non-hydrogen) atoms. The van der Waals surface area contributed by atoms with Gasteiger partial charge in [0.15, 0.2) is 0 Å². The fourth-order valence-corrected chi connectivity index (χ4v) is 2.62. The van der Waals surface area contributed by atoms with E-state index in [1.807, 2.05) is 4.72 Å². The van der Waals surface area contributed by atoms with Crippen LogP contribution in [0.1, 0.15) is 12.8 Å². The van der Waals surface area contributed by atoms with E-state index < -0.39 is 17.2 Å². The molecule has 148 valence electrons. The monoisotopic (exact) mass is 409 g/mol. The summed E-state index contributed by atoms with van der Waals surface area (Å²) in [7, 11) is 0. The molecular formula is C12H21N6O6S2-. The molecule has 0 fully saturated rings. The van der Waals surface area contributed by atoms with Gasteiger partial charge in [-0.2, -0.15) is 0 Å². The van der Waals surface area contributed by atoms with Gasteiger partial charge in [0, 0.05) is 37.2 Å². The number of anilines is 2. The Balaban J connectivity index is 2.08. The quantitative estimate of drug-likeness (QED) is 0.211. The topological polar surface area (TPSA) is 181 Å². The van der Waals surface area contributed by atoms with Gasteiger partial charge >= 0.3 is 0 Å². The molecule has 1 aromatic rings. The van der Waals surface area contributed by atoms with Crippen molar-refractivity contribution < 1.29 is 27.8 Å². The SMILES string of the molecule is NCCOCCOCCNC(=O)CCC(=O)Nc1nnc(NS(=O)[O-])s1. The summed E-state index contributed by atoms with van der Waals surface area (Å²) >= 11 is -1.66. The molecule has 1 heterocycles. The Morgan fingerprint density at radius 1 is 1.08 bits per heavy atom. The van der Waals surface area contributed by atoms with Crippen LogP contribution in [-0.4, -0.2) is 70.3 Å². The summed E-state index contributed by atoms with van der Waals surface area (Å²) < 4.78 is 33.3. The van der Waals surface area contributed by atoms with Crippen LogP contribution >= 0.6 is 11.3 Å². The lowest BCUT2D eigenvalue weighted by atomic mass is 10.3. The average molecular weight is 409 g/mol. The molecule has 1 unspecified atom stereocenters. The fourth-order valence-electron chi connectivity index (χ4n) is 1.55. The second kappa shape index (κ2) is 13.5. The summed E-state index contributed by atoms with van der Waals surface area (Å²) in [5.74, 6) is -0.719. The van der Waals surface area contributed by atoms with Crippen molar-refractivity contribution >= 4 is 44.7 Å². The number of nitrogens with one attached hydrogen (secondary N) is 3. The van der Waals surface area contributed by atoms with Gasteiger partial charge < -0.3 is 30.4 Å². The Bertz CT molecular complexity index is 586. The number of hydrogen-bond acceptors (Lipinski definition) is 10. The molecule has 12 nitrogen and oxygen atoms in total. The van der Waals surface area contributed by atoms with Crippen LogP contribution in [0.5, 0.6) is 0 Å². The van der Waals surface area contributed by atoms with Crippen molar-refractivity contribution in [3.05, 3.63) is 0 Å². The molecule has 1 aromatic heterocycles. The van der Waals surface area contributed by atoms with Crippen LogP contribution in [0.25, 0.3) is 0 Å². The van der Waals surface area contributed by atoms with Gasteiger partial charge in [-0.25, -0.2) is 0 Å². The third kappa shape index (κ3) is 11.0. The maximum absolute atomic E-state index is 11.7. The average Bonchev–Trinajstić information content (AvgIpc) is 3.01. The van der Waals surface area contributed by atoms with Crippen LogP contribution < -0.4 is 21.1 Å². The molecule has 0 aromatic carbocycles. The van der Waals surface area contributed by atoms with Crippen LogP contribution in [0.4, 0.5) is 10.3 Å². The van der Waals surface area contributed by atoms with Crippen molar-refractivity contribution in [3.63, 3.8) is 0 Å². The smallest absolute Gasteiger partial charge is 0.226 e. The van der Waals surface area contributed by atoms with Gasteiger partial charge in [0.05, 0.1) is 26.4 Å². The number of aromatic nitrogens is 2. The normalized spacial score (nSPS) is 11.8. The number of amides is 2. The molecule has 0 radical (unpaired) electrons. The zero-order valence-corrected chi connectivity index (χ0v) is 15.5. The highest BCUT2D eigenvalue weighted by atomic mass is 32.2. The number of carbonyl (C=O) groups is 2. The fraction of sp³-hybridized carbons (Fsp3) is 0.667. The summed E-state index contributed by atoms with van der Waals surface area (Å²) in [6, 6.07) is 0. The van der Waals surface area contributed by atoms with Crippen LogP contribution in [0.3, 0.4) is 0 Å². The van der Waals surface area contributed by atoms with Crippen molar-refractivity contribution in [2.24, 2.45) is 5.73 Å². The number of hydrogen-bond donors (Lipinski definition) is 4. The largest absolute Gasteiger partial charge is 0.755 e. The summed E-state index contributed by atoms with van der Waals surface area (Å²) in [6.07, 6.45) is -0.0463.